The minimum atomic E-state index is 0.0607. The molecular formula is C13H15BrN2S. The maximum Gasteiger partial charge on any atom is 0.0803 e. The number of nitrogens with two attached hydrogens (primary N) is 1. The summed E-state index contributed by atoms with van der Waals surface area (Å²) in [5.74, 6) is 5.68. The zero-order valence-electron chi connectivity index (χ0n) is 9.83. The second-order valence-corrected chi connectivity index (χ2v) is 6.52. The van der Waals surface area contributed by atoms with Crippen LogP contribution in [0.3, 0.4) is 0 Å². The van der Waals surface area contributed by atoms with Gasteiger partial charge < -0.3 is 0 Å². The van der Waals surface area contributed by atoms with Crippen molar-refractivity contribution >= 4 is 27.3 Å². The highest BCUT2D eigenvalue weighted by Crippen LogP contribution is 2.33. The van der Waals surface area contributed by atoms with E-state index in [1.165, 1.54) is 25.4 Å². The van der Waals surface area contributed by atoms with Crippen LogP contribution in [0.25, 0.3) is 0 Å². The number of aryl methyl sites for hydroxylation is 2. The first kappa shape index (κ1) is 12.8. The summed E-state index contributed by atoms with van der Waals surface area (Å²) < 4.78 is 1.17. The summed E-state index contributed by atoms with van der Waals surface area (Å²) in [5.41, 5.74) is 6.58. The summed E-state index contributed by atoms with van der Waals surface area (Å²) in [7, 11) is 0. The van der Waals surface area contributed by atoms with E-state index in [2.05, 4.69) is 65.5 Å². The standard InChI is InChI=1S/C13H15BrN2S/c1-8-3-5-10(6-4-8)12(16-15)11-7-9(2)13(14)17-11/h3-7,12,16H,15H2,1-2H3. The number of thiophene rings is 1. The fraction of sp³-hybridized carbons (Fsp3) is 0.231. The Kier molecular flexibility index (Phi) is 3.99. The third-order valence-corrected chi connectivity index (χ3v) is 4.94. The summed E-state index contributed by atoms with van der Waals surface area (Å²) in [6.45, 7) is 4.17. The summed E-state index contributed by atoms with van der Waals surface area (Å²) in [6, 6.07) is 10.7. The minimum absolute atomic E-state index is 0.0607. The normalized spacial score (nSPS) is 12.7. The summed E-state index contributed by atoms with van der Waals surface area (Å²) in [5, 5.41) is 0. The Morgan fingerprint density at radius 3 is 2.35 bits per heavy atom. The lowest BCUT2D eigenvalue weighted by Gasteiger charge is -2.14. The van der Waals surface area contributed by atoms with Gasteiger partial charge in [-0.2, -0.15) is 0 Å². The number of benzene rings is 1. The van der Waals surface area contributed by atoms with Gasteiger partial charge >= 0.3 is 0 Å². The maximum absolute atomic E-state index is 5.68. The molecule has 1 atom stereocenters. The van der Waals surface area contributed by atoms with E-state index in [4.69, 9.17) is 5.84 Å². The molecule has 0 aliphatic carbocycles. The molecule has 1 heterocycles. The molecule has 3 N–H and O–H groups in total. The van der Waals surface area contributed by atoms with Crippen LogP contribution < -0.4 is 11.3 Å². The molecule has 1 aromatic heterocycles. The van der Waals surface area contributed by atoms with Crippen LogP contribution in [-0.2, 0) is 0 Å². The first-order chi connectivity index (χ1) is 8.11. The molecule has 17 heavy (non-hydrogen) atoms. The number of hydrazine groups is 1. The van der Waals surface area contributed by atoms with Crippen LogP contribution in [-0.4, -0.2) is 0 Å². The van der Waals surface area contributed by atoms with Crippen LogP contribution in [0.15, 0.2) is 34.1 Å². The molecule has 0 radical (unpaired) electrons. The van der Waals surface area contributed by atoms with Gasteiger partial charge in [0.2, 0.25) is 0 Å². The molecule has 4 heteroatoms. The molecule has 2 aromatic rings. The SMILES string of the molecule is Cc1ccc(C(NN)c2cc(C)c(Br)s2)cc1. The number of rotatable bonds is 3. The van der Waals surface area contributed by atoms with E-state index in [9.17, 15) is 0 Å². The number of hydrogen-bond acceptors (Lipinski definition) is 3. The van der Waals surface area contributed by atoms with E-state index < -0.39 is 0 Å². The van der Waals surface area contributed by atoms with Gasteiger partial charge in [-0.1, -0.05) is 29.8 Å². The van der Waals surface area contributed by atoms with Crippen LogP contribution in [0.4, 0.5) is 0 Å². The van der Waals surface area contributed by atoms with Crippen LogP contribution in [0, 0.1) is 13.8 Å². The minimum Gasteiger partial charge on any atom is -0.271 e. The lowest BCUT2D eigenvalue weighted by atomic mass is 10.0. The van der Waals surface area contributed by atoms with Crippen LogP contribution >= 0.6 is 27.3 Å². The summed E-state index contributed by atoms with van der Waals surface area (Å²) in [4.78, 5) is 1.22. The highest BCUT2D eigenvalue weighted by atomic mass is 79.9. The van der Waals surface area contributed by atoms with Crippen molar-refractivity contribution < 1.29 is 0 Å². The highest BCUT2D eigenvalue weighted by molar-refractivity contribution is 9.11. The van der Waals surface area contributed by atoms with Gasteiger partial charge in [0.25, 0.3) is 0 Å². The highest BCUT2D eigenvalue weighted by Gasteiger charge is 2.15. The summed E-state index contributed by atoms with van der Waals surface area (Å²) in [6.07, 6.45) is 0. The molecule has 2 rings (SSSR count). The fourth-order valence-electron chi connectivity index (χ4n) is 1.73. The van der Waals surface area contributed by atoms with Gasteiger partial charge in [-0.15, -0.1) is 11.3 Å². The molecule has 1 unspecified atom stereocenters. The molecule has 0 bridgehead atoms. The molecule has 0 fully saturated rings. The van der Waals surface area contributed by atoms with E-state index in [-0.39, 0.29) is 6.04 Å². The van der Waals surface area contributed by atoms with E-state index >= 15 is 0 Å². The fourth-order valence-corrected chi connectivity index (χ4v) is 3.39. The molecule has 2 nitrogen and oxygen atoms in total. The zero-order valence-corrected chi connectivity index (χ0v) is 12.2. The largest absolute Gasteiger partial charge is 0.271 e. The van der Waals surface area contributed by atoms with Crippen LogP contribution in [0.5, 0.6) is 0 Å². The third-order valence-electron chi connectivity index (χ3n) is 2.74. The quantitative estimate of drug-likeness (QED) is 0.670. The lowest BCUT2D eigenvalue weighted by Crippen LogP contribution is -2.28. The van der Waals surface area contributed by atoms with Gasteiger partial charge in [-0.05, 0) is 47.0 Å². The molecule has 0 aliphatic heterocycles. The van der Waals surface area contributed by atoms with Gasteiger partial charge in [-0.25, -0.2) is 5.43 Å². The van der Waals surface area contributed by atoms with Gasteiger partial charge in [-0.3, -0.25) is 5.84 Å². The molecule has 0 aliphatic rings. The predicted octanol–water partition coefficient (Wildman–Crippen LogP) is 3.68. The Morgan fingerprint density at radius 1 is 1.24 bits per heavy atom. The van der Waals surface area contributed by atoms with Crippen molar-refractivity contribution in [1.82, 2.24) is 5.43 Å². The number of nitrogens with one attached hydrogen (secondary N) is 1. The van der Waals surface area contributed by atoms with Crippen molar-refractivity contribution in [3.63, 3.8) is 0 Å². The molecule has 0 spiro atoms. The molecule has 0 saturated heterocycles. The van der Waals surface area contributed by atoms with Gasteiger partial charge in [0.1, 0.15) is 0 Å². The van der Waals surface area contributed by atoms with E-state index in [1.807, 2.05) is 0 Å². The van der Waals surface area contributed by atoms with Crippen LogP contribution in [0.1, 0.15) is 27.6 Å². The second-order valence-electron chi connectivity index (χ2n) is 4.12. The average molecular weight is 311 g/mol. The van der Waals surface area contributed by atoms with Crippen molar-refractivity contribution in [3.8, 4) is 0 Å². The number of hydrogen-bond donors (Lipinski definition) is 2. The Hall–Kier alpha value is -0.680. The molecule has 90 valence electrons. The molecule has 1 aromatic carbocycles. The maximum atomic E-state index is 5.68. The van der Waals surface area contributed by atoms with Gasteiger partial charge in [0, 0.05) is 4.88 Å². The molecule has 0 amide bonds. The van der Waals surface area contributed by atoms with Crippen molar-refractivity contribution in [2.75, 3.05) is 0 Å². The van der Waals surface area contributed by atoms with Gasteiger partial charge in [0.05, 0.1) is 9.83 Å². The number of halogens is 1. The first-order valence-corrected chi connectivity index (χ1v) is 7.01. The smallest absolute Gasteiger partial charge is 0.0803 e. The molecular weight excluding hydrogens is 296 g/mol. The topological polar surface area (TPSA) is 38.0 Å². The predicted molar refractivity (Wildman–Crippen MR) is 77.1 cm³/mol. The van der Waals surface area contributed by atoms with Crippen molar-refractivity contribution in [3.05, 3.63) is 55.7 Å². The summed E-state index contributed by atoms with van der Waals surface area (Å²) >= 11 is 5.27. The lowest BCUT2D eigenvalue weighted by molar-refractivity contribution is 0.646. The van der Waals surface area contributed by atoms with E-state index in [1.54, 1.807) is 11.3 Å². The third kappa shape index (κ3) is 2.77. The van der Waals surface area contributed by atoms with E-state index in [0.29, 0.717) is 0 Å². The Labute approximate surface area is 114 Å². The Morgan fingerprint density at radius 2 is 1.88 bits per heavy atom. The van der Waals surface area contributed by atoms with Crippen molar-refractivity contribution in [1.29, 1.82) is 0 Å². The van der Waals surface area contributed by atoms with Crippen molar-refractivity contribution in [2.24, 2.45) is 5.84 Å². The van der Waals surface area contributed by atoms with Crippen LogP contribution in [0.2, 0.25) is 0 Å². The Bertz CT molecular complexity index is 485. The Balaban J connectivity index is 2.36. The zero-order chi connectivity index (χ0) is 12.4. The molecule has 0 saturated carbocycles. The van der Waals surface area contributed by atoms with E-state index in [0.717, 1.165) is 0 Å². The monoisotopic (exact) mass is 310 g/mol. The average Bonchev–Trinajstić information content (AvgIpc) is 2.63. The second kappa shape index (κ2) is 5.31. The van der Waals surface area contributed by atoms with Gasteiger partial charge in [0.15, 0.2) is 0 Å². The first-order valence-electron chi connectivity index (χ1n) is 5.40. The van der Waals surface area contributed by atoms with Crippen molar-refractivity contribution in [2.45, 2.75) is 19.9 Å².